The van der Waals surface area contributed by atoms with Crippen LogP contribution in [0.15, 0.2) is 42.5 Å². The van der Waals surface area contributed by atoms with Crippen LogP contribution in [0.3, 0.4) is 0 Å². The van der Waals surface area contributed by atoms with Crippen molar-refractivity contribution >= 4 is 12.2 Å². The zero-order valence-corrected chi connectivity index (χ0v) is 13.2. The van der Waals surface area contributed by atoms with E-state index in [1.54, 1.807) is 32.4 Å². The number of hydrogen-bond donors (Lipinski definition) is 1. The summed E-state index contributed by atoms with van der Waals surface area (Å²) < 4.78 is 20.8. The Morgan fingerprint density at radius 2 is 1.48 bits per heavy atom. The molecule has 23 heavy (non-hydrogen) atoms. The van der Waals surface area contributed by atoms with Gasteiger partial charge in [-0.05, 0) is 23.8 Å². The van der Waals surface area contributed by atoms with Crippen LogP contribution in [0.2, 0.25) is 0 Å². The predicted octanol–water partition coefficient (Wildman–Crippen LogP) is 3.53. The van der Waals surface area contributed by atoms with Crippen LogP contribution in [0, 0.1) is 0 Å². The van der Waals surface area contributed by atoms with Crippen molar-refractivity contribution in [2.75, 3.05) is 27.8 Å². The predicted molar refractivity (Wildman–Crippen MR) is 88.5 cm³/mol. The molecule has 0 radical (unpaired) electrons. The molecule has 0 saturated heterocycles. The molecule has 0 aromatic heterocycles. The maximum absolute atomic E-state index is 9.80. The molecule has 0 fully saturated rings. The van der Waals surface area contributed by atoms with Gasteiger partial charge in [0.05, 0.1) is 0 Å². The summed E-state index contributed by atoms with van der Waals surface area (Å²) in [6, 6.07) is 12.6. The second-order valence-electron chi connectivity index (χ2n) is 4.73. The van der Waals surface area contributed by atoms with E-state index in [9.17, 15) is 5.11 Å². The molecule has 0 bridgehead atoms. The molecule has 0 unspecified atom stereocenters. The summed E-state index contributed by atoms with van der Waals surface area (Å²) in [4.78, 5) is 0. The Morgan fingerprint density at radius 1 is 0.870 bits per heavy atom. The van der Waals surface area contributed by atoms with Crippen molar-refractivity contribution in [3.63, 3.8) is 0 Å². The van der Waals surface area contributed by atoms with Gasteiger partial charge in [-0.1, -0.05) is 30.4 Å². The van der Waals surface area contributed by atoms with Gasteiger partial charge >= 0.3 is 0 Å². The van der Waals surface area contributed by atoms with Gasteiger partial charge in [-0.25, -0.2) is 0 Å². The second-order valence-corrected chi connectivity index (χ2v) is 4.73. The molecule has 0 aliphatic rings. The fourth-order valence-corrected chi connectivity index (χ4v) is 1.93. The highest BCUT2D eigenvalue weighted by atomic mass is 16.7. The SMILES string of the molecule is COCOc1cc(C=Cc2ccccc2O)cc(OCOC)c1. The van der Waals surface area contributed by atoms with Crippen LogP contribution in [0.5, 0.6) is 17.2 Å². The summed E-state index contributed by atoms with van der Waals surface area (Å²) in [5, 5.41) is 9.80. The Hall–Kier alpha value is -2.50. The lowest BCUT2D eigenvalue weighted by Crippen LogP contribution is -2.02. The Labute approximate surface area is 135 Å². The van der Waals surface area contributed by atoms with Crippen LogP contribution < -0.4 is 9.47 Å². The van der Waals surface area contributed by atoms with Crippen LogP contribution in [0.4, 0.5) is 0 Å². The molecule has 0 amide bonds. The first-order valence-corrected chi connectivity index (χ1v) is 7.07. The van der Waals surface area contributed by atoms with Crippen molar-refractivity contribution < 1.29 is 24.1 Å². The molecule has 0 atom stereocenters. The summed E-state index contributed by atoms with van der Waals surface area (Å²) in [6.45, 7) is 0.298. The van der Waals surface area contributed by atoms with Crippen LogP contribution >= 0.6 is 0 Å². The molecule has 0 heterocycles. The second kappa shape index (κ2) is 8.82. The third-order valence-electron chi connectivity index (χ3n) is 2.98. The van der Waals surface area contributed by atoms with E-state index < -0.39 is 0 Å². The molecule has 2 aromatic rings. The van der Waals surface area contributed by atoms with Crippen molar-refractivity contribution in [1.29, 1.82) is 0 Å². The number of phenols is 1. The van der Waals surface area contributed by atoms with E-state index >= 15 is 0 Å². The van der Waals surface area contributed by atoms with Crippen molar-refractivity contribution in [1.82, 2.24) is 0 Å². The number of rotatable bonds is 8. The van der Waals surface area contributed by atoms with Gasteiger partial charge in [-0.3, -0.25) is 0 Å². The maximum Gasteiger partial charge on any atom is 0.188 e. The summed E-state index contributed by atoms with van der Waals surface area (Å²) in [5.74, 6) is 1.47. The summed E-state index contributed by atoms with van der Waals surface area (Å²) >= 11 is 0. The van der Waals surface area contributed by atoms with Crippen molar-refractivity contribution in [2.24, 2.45) is 0 Å². The minimum Gasteiger partial charge on any atom is -0.507 e. The van der Waals surface area contributed by atoms with E-state index in [4.69, 9.17) is 18.9 Å². The molecule has 0 aliphatic carbocycles. The van der Waals surface area contributed by atoms with Gasteiger partial charge in [0.15, 0.2) is 13.6 Å². The smallest absolute Gasteiger partial charge is 0.188 e. The molecule has 0 aliphatic heterocycles. The van der Waals surface area contributed by atoms with Crippen LogP contribution in [0.25, 0.3) is 12.2 Å². The summed E-state index contributed by atoms with van der Waals surface area (Å²) in [6.07, 6.45) is 3.69. The highest BCUT2D eigenvalue weighted by Crippen LogP contribution is 2.25. The van der Waals surface area contributed by atoms with E-state index in [-0.39, 0.29) is 19.3 Å². The highest BCUT2D eigenvalue weighted by Gasteiger charge is 2.03. The molecule has 122 valence electrons. The van der Waals surface area contributed by atoms with Gasteiger partial charge in [0.2, 0.25) is 0 Å². The van der Waals surface area contributed by atoms with E-state index in [0.717, 1.165) is 11.1 Å². The lowest BCUT2D eigenvalue weighted by Gasteiger charge is -2.10. The average Bonchev–Trinajstić information content (AvgIpc) is 2.57. The first-order valence-electron chi connectivity index (χ1n) is 7.07. The summed E-state index contributed by atoms with van der Waals surface area (Å²) in [5.41, 5.74) is 1.60. The fraction of sp³-hybridized carbons (Fsp3) is 0.222. The molecule has 2 aromatic carbocycles. The molecular formula is C18H20O5. The fourth-order valence-electron chi connectivity index (χ4n) is 1.93. The monoisotopic (exact) mass is 316 g/mol. The number of benzene rings is 2. The largest absolute Gasteiger partial charge is 0.507 e. The molecule has 2 rings (SSSR count). The highest BCUT2D eigenvalue weighted by molar-refractivity contribution is 5.73. The Bertz CT molecular complexity index is 625. The number of hydrogen-bond acceptors (Lipinski definition) is 5. The third kappa shape index (κ3) is 5.32. The minimum atomic E-state index is 0.149. The van der Waals surface area contributed by atoms with Gasteiger partial charge in [-0.15, -0.1) is 0 Å². The van der Waals surface area contributed by atoms with Crippen molar-refractivity contribution in [3.8, 4) is 17.2 Å². The molecule has 1 N–H and O–H groups in total. The quantitative estimate of drug-likeness (QED) is 0.596. The lowest BCUT2D eigenvalue weighted by molar-refractivity contribution is 0.0460. The number of methoxy groups -OCH3 is 2. The standard InChI is InChI=1S/C18H20O5/c1-20-12-22-16-9-14(10-17(11-16)23-13-21-2)7-8-15-5-3-4-6-18(15)19/h3-11,19H,12-13H2,1-2H3. The number of para-hydroxylation sites is 1. The normalized spacial score (nSPS) is 10.9. The third-order valence-corrected chi connectivity index (χ3v) is 2.98. The molecule has 5 nitrogen and oxygen atoms in total. The Morgan fingerprint density at radius 3 is 2.04 bits per heavy atom. The van der Waals surface area contributed by atoms with Gasteiger partial charge in [-0.2, -0.15) is 0 Å². The van der Waals surface area contributed by atoms with Crippen molar-refractivity contribution in [2.45, 2.75) is 0 Å². The number of aromatic hydroxyl groups is 1. The van der Waals surface area contributed by atoms with Crippen LogP contribution in [-0.2, 0) is 9.47 Å². The van der Waals surface area contributed by atoms with E-state index in [0.29, 0.717) is 11.5 Å². The molecule has 0 saturated carbocycles. The molecular weight excluding hydrogens is 296 g/mol. The zero-order valence-electron chi connectivity index (χ0n) is 13.2. The molecule has 0 spiro atoms. The topological polar surface area (TPSA) is 57.2 Å². The number of phenolic OH excluding ortho intramolecular Hbond substituents is 1. The lowest BCUT2D eigenvalue weighted by atomic mass is 10.1. The van der Waals surface area contributed by atoms with Crippen LogP contribution in [-0.4, -0.2) is 32.9 Å². The van der Waals surface area contributed by atoms with Crippen LogP contribution in [0.1, 0.15) is 11.1 Å². The number of ether oxygens (including phenoxy) is 4. The maximum atomic E-state index is 9.80. The molecule has 5 heteroatoms. The minimum absolute atomic E-state index is 0.149. The van der Waals surface area contributed by atoms with Gasteiger partial charge in [0, 0.05) is 25.8 Å². The van der Waals surface area contributed by atoms with E-state index in [1.165, 1.54) is 0 Å². The van der Waals surface area contributed by atoms with E-state index in [2.05, 4.69) is 0 Å². The van der Waals surface area contributed by atoms with E-state index in [1.807, 2.05) is 36.4 Å². The van der Waals surface area contributed by atoms with Gasteiger partial charge in [0.1, 0.15) is 17.2 Å². The zero-order chi connectivity index (χ0) is 16.5. The average molecular weight is 316 g/mol. The Balaban J connectivity index is 2.23. The van der Waals surface area contributed by atoms with Gasteiger partial charge < -0.3 is 24.1 Å². The van der Waals surface area contributed by atoms with Crippen molar-refractivity contribution in [3.05, 3.63) is 53.6 Å². The first kappa shape index (κ1) is 16.9. The first-order chi connectivity index (χ1) is 11.2. The van der Waals surface area contributed by atoms with Gasteiger partial charge in [0.25, 0.3) is 0 Å². The Kier molecular flexibility index (Phi) is 6.47. The summed E-state index contributed by atoms with van der Waals surface area (Å²) in [7, 11) is 3.12.